The summed E-state index contributed by atoms with van der Waals surface area (Å²) in [6.07, 6.45) is 5.40. The normalized spacial score (nSPS) is 18.1. The Labute approximate surface area is 141 Å². The highest BCUT2D eigenvalue weighted by atomic mass is 32.2. The molecule has 0 unspecified atom stereocenters. The first-order chi connectivity index (χ1) is 11.4. The third-order valence-electron chi connectivity index (χ3n) is 4.34. The molecule has 1 saturated heterocycles. The van der Waals surface area contributed by atoms with E-state index in [1.54, 1.807) is 34.8 Å². The zero-order chi connectivity index (χ0) is 17.3. The molecule has 8 heteroatoms. The predicted octanol–water partition coefficient (Wildman–Crippen LogP) is 1.14. The third kappa shape index (κ3) is 3.34. The Hall–Kier alpha value is -2.19. The van der Waals surface area contributed by atoms with Crippen LogP contribution in [0.1, 0.15) is 28.8 Å². The fourth-order valence-electron chi connectivity index (χ4n) is 3.12. The predicted molar refractivity (Wildman–Crippen MR) is 88.8 cm³/mol. The number of aryl methyl sites for hydroxylation is 1. The van der Waals surface area contributed by atoms with Crippen LogP contribution in [0.25, 0.3) is 0 Å². The molecule has 1 amide bonds. The number of hydrogen-bond acceptors (Lipinski definition) is 4. The van der Waals surface area contributed by atoms with Crippen LogP contribution >= 0.6 is 0 Å². The van der Waals surface area contributed by atoms with Crippen LogP contribution in [0.3, 0.4) is 0 Å². The molecule has 0 aliphatic carbocycles. The van der Waals surface area contributed by atoms with Crippen LogP contribution in [0.15, 0.2) is 41.6 Å². The number of benzene rings is 1. The van der Waals surface area contributed by atoms with Gasteiger partial charge in [0.05, 0.1) is 17.5 Å². The number of aromatic nitrogens is 2. The number of carbonyl (C=O) groups excluding carboxylic acids is 1. The number of amides is 1. The molecule has 0 saturated carbocycles. The summed E-state index contributed by atoms with van der Waals surface area (Å²) in [7, 11) is -3.85. The molecule has 0 radical (unpaired) electrons. The number of sulfonamides is 1. The number of likely N-dealkylation sites (tertiary alicyclic amines) is 1. The van der Waals surface area contributed by atoms with E-state index in [2.05, 4.69) is 5.10 Å². The maximum Gasteiger partial charge on any atom is 0.254 e. The molecule has 1 atom stereocenters. The summed E-state index contributed by atoms with van der Waals surface area (Å²) in [6, 6.07) is 6.54. The number of hydrogen-bond donors (Lipinski definition) is 1. The molecule has 2 aromatic rings. The quantitative estimate of drug-likeness (QED) is 0.896. The zero-order valence-corrected chi connectivity index (χ0v) is 14.2. The van der Waals surface area contributed by atoms with Gasteiger partial charge in [-0.2, -0.15) is 5.10 Å². The monoisotopic (exact) mass is 348 g/mol. The first-order valence-electron chi connectivity index (χ1n) is 7.78. The summed E-state index contributed by atoms with van der Waals surface area (Å²) in [5, 5.41) is 9.42. The van der Waals surface area contributed by atoms with Crippen molar-refractivity contribution in [2.75, 3.05) is 6.54 Å². The second-order valence-electron chi connectivity index (χ2n) is 6.05. The minimum absolute atomic E-state index is 0.00354. The van der Waals surface area contributed by atoms with Crippen molar-refractivity contribution in [3.05, 3.63) is 47.8 Å². The van der Waals surface area contributed by atoms with Gasteiger partial charge in [-0.15, -0.1) is 0 Å². The minimum atomic E-state index is -3.85. The van der Waals surface area contributed by atoms with Gasteiger partial charge in [-0.25, -0.2) is 13.6 Å². The van der Waals surface area contributed by atoms with E-state index in [9.17, 15) is 13.2 Å². The van der Waals surface area contributed by atoms with Crippen molar-refractivity contribution in [2.45, 2.75) is 37.2 Å². The van der Waals surface area contributed by atoms with Gasteiger partial charge in [0, 0.05) is 24.5 Å². The molecule has 7 nitrogen and oxygen atoms in total. The lowest BCUT2D eigenvalue weighted by atomic mass is 10.1. The lowest BCUT2D eigenvalue weighted by Gasteiger charge is -2.25. The molecular weight excluding hydrogens is 328 g/mol. The molecule has 0 spiro atoms. The number of carbonyl (C=O) groups is 1. The SMILES string of the molecule is Cc1ccc(C(=O)N2CCC[C@H]2Cn2cccn2)cc1S(N)(=O)=O. The molecule has 1 aromatic carbocycles. The summed E-state index contributed by atoms with van der Waals surface area (Å²) < 4.78 is 25.1. The fraction of sp³-hybridized carbons (Fsp3) is 0.375. The number of nitrogens with zero attached hydrogens (tertiary/aromatic N) is 3. The molecule has 1 aliphatic rings. The first kappa shape index (κ1) is 16.7. The van der Waals surface area contributed by atoms with Gasteiger partial charge in [0.15, 0.2) is 0 Å². The van der Waals surface area contributed by atoms with Gasteiger partial charge in [-0.05, 0) is 43.5 Å². The van der Waals surface area contributed by atoms with Crippen molar-refractivity contribution < 1.29 is 13.2 Å². The van der Waals surface area contributed by atoms with E-state index in [0.717, 1.165) is 12.8 Å². The smallest absolute Gasteiger partial charge is 0.254 e. The van der Waals surface area contributed by atoms with Gasteiger partial charge in [0.2, 0.25) is 10.0 Å². The van der Waals surface area contributed by atoms with Crippen LogP contribution < -0.4 is 5.14 Å². The van der Waals surface area contributed by atoms with E-state index >= 15 is 0 Å². The lowest BCUT2D eigenvalue weighted by molar-refractivity contribution is 0.0721. The largest absolute Gasteiger partial charge is 0.334 e. The van der Waals surface area contributed by atoms with Gasteiger partial charge in [0.25, 0.3) is 5.91 Å². The van der Waals surface area contributed by atoms with E-state index in [1.807, 2.05) is 12.3 Å². The molecule has 0 bridgehead atoms. The molecule has 1 fully saturated rings. The van der Waals surface area contributed by atoms with Crippen molar-refractivity contribution in [3.63, 3.8) is 0 Å². The average Bonchev–Trinajstić information content (AvgIpc) is 3.18. The summed E-state index contributed by atoms with van der Waals surface area (Å²) >= 11 is 0. The minimum Gasteiger partial charge on any atom is -0.334 e. The Morgan fingerprint density at radius 1 is 1.42 bits per heavy atom. The van der Waals surface area contributed by atoms with Crippen LogP contribution in [0.5, 0.6) is 0 Å². The van der Waals surface area contributed by atoms with Gasteiger partial charge in [0.1, 0.15) is 0 Å². The Balaban J connectivity index is 1.85. The van der Waals surface area contributed by atoms with E-state index in [0.29, 0.717) is 24.2 Å². The highest BCUT2D eigenvalue weighted by Crippen LogP contribution is 2.23. The number of rotatable bonds is 4. The van der Waals surface area contributed by atoms with Gasteiger partial charge in [-0.3, -0.25) is 9.48 Å². The summed E-state index contributed by atoms with van der Waals surface area (Å²) in [5.74, 6) is -0.172. The first-order valence-corrected chi connectivity index (χ1v) is 9.33. The van der Waals surface area contributed by atoms with Gasteiger partial charge < -0.3 is 4.90 Å². The number of nitrogens with two attached hydrogens (primary N) is 1. The van der Waals surface area contributed by atoms with Crippen molar-refractivity contribution in [1.82, 2.24) is 14.7 Å². The van der Waals surface area contributed by atoms with Crippen LogP contribution in [0.2, 0.25) is 0 Å². The fourth-order valence-corrected chi connectivity index (χ4v) is 3.93. The highest BCUT2D eigenvalue weighted by molar-refractivity contribution is 7.89. The molecule has 1 aromatic heterocycles. The van der Waals surface area contributed by atoms with Crippen LogP contribution in [0, 0.1) is 6.92 Å². The molecular formula is C16H20N4O3S. The van der Waals surface area contributed by atoms with Crippen LogP contribution in [0.4, 0.5) is 0 Å². The zero-order valence-electron chi connectivity index (χ0n) is 13.4. The molecule has 3 rings (SSSR count). The molecule has 2 N–H and O–H groups in total. The summed E-state index contributed by atoms with van der Waals surface area (Å²) in [5.41, 5.74) is 0.876. The maximum atomic E-state index is 12.8. The van der Waals surface area contributed by atoms with E-state index in [4.69, 9.17) is 5.14 Å². The molecule has 2 heterocycles. The van der Waals surface area contributed by atoms with Crippen molar-refractivity contribution >= 4 is 15.9 Å². The summed E-state index contributed by atoms with van der Waals surface area (Å²) in [6.45, 7) is 2.94. The average molecular weight is 348 g/mol. The molecule has 1 aliphatic heterocycles. The summed E-state index contributed by atoms with van der Waals surface area (Å²) in [4.78, 5) is 14.6. The maximum absolute atomic E-state index is 12.8. The van der Waals surface area contributed by atoms with Crippen LogP contribution in [-0.2, 0) is 16.6 Å². The number of primary sulfonamides is 1. The lowest BCUT2D eigenvalue weighted by Crippen LogP contribution is -2.38. The molecule has 24 heavy (non-hydrogen) atoms. The van der Waals surface area contributed by atoms with Crippen molar-refractivity contribution in [1.29, 1.82) is 0 Å². The van der Waals surface area contributed by atoms with Crippen molar-refractivity contribution in [2.24, 2.45) is 5.14 Å². The van der Waals surface area contributed by atoms with Crippen molar-refractivity contribution in [3.8, 4) is 0 Å². The third-order valence-corrected chi connectivity index (χ3v) is 5.39. The highest BCUT2D eigenvalue weighted by Gasteiger charge is 2.30. The van der Waals surface area contributed by atoms with E-state index in [1.165, 1.54) is 6.07 Å². The van der Waals surface area contributed by atoms with Gasteiger partial charge in [-0.1, -0.05) is 6.07 Å². The van der Waals surface area contributed by atoms with E-state index < -0.39 is 10.0 Å². The Kier molecular flexibility index (Phi) is 4.42. The van der Waals surface area contributed by atoms with Gasteiger partial charge >= 0.3 is 0 Å². The molecule has 128 valence electrons. The second kappa shape index (κ2) is 6.37. The standard InChI is InChI=1S/C16H20N4O3S/c1-12-5-6-13(10-15(12)24(17,22)23)16(21)20-9-2-4-14(20)11-19-8-3-7-18-19/h3,5-8,10,14H,2,4,9,11H2,1H3,(H2,17,22,23)/t14-/m0/s1. The Bertz CT molecular complexity index is 846. The van der Waals surface area contributed by atoms with E-state index in [-0.39, 0.29) is 16.8 Å². The Morgan fingerprint density at radius 3 is 2.88 bits per heavy atom. The Morgan fingerprint density at radius 2 is 2.21 bits per heavy atom. The second-order valence-corrected chi connectivity index (χ2v) is 7.58. The van der Waals surface area contributed by atoms with Crippen LogP contribution in [-0.4, -0.2) is 41.6 Å². The topological polar surface area (TPSA) is 98.3 Å².